The maximum absolute atomic E-state index is 13.4. The molecule has 0 spiro atoms. The molecule has 1 fully saturated rings. The number of nitrogens with two attached hydrogens (primary N) is 1. The van der Waals surface area contributed by atoms with Gasteiger partial charge in [-0.3, -0.25) is 0 Å². The predicted molar refractivity (Wildman–Crippen MR) is 51.0 cm³/mol. The molecule has 1 aromatic carbocycles. The maximum Gasteiger partial charge on any atom is 0.128 e. The van der Waals surface area contributed by atoms with E-state index in [9.17, 15) is 4.39 Å². The average molecular weight is 180 g/mol. The van der Waals surface area contributed by atoms with Gasteiger partial charge in [0.2, 0.25) is 0 Å². The number of nitrogens with one attached hydrogen (secondary N) is 1. The van der Waals surface area contributed by atoms with Crippen LogP contribution in [0.4, 0.5) is 10.1 Å². The highest BCUT2D eigenvalue weighted by atomic mass is 19.1. The van der Waals surface area contributed by atoms with Gasteiger partial charge in [0.05, 0.1) is 0 Å². The van der Waals surface area contributed by atoms with Gasteiger partial charge in [-0.15, -0.1) is 0 Å². The minimum absolute atomic E-state index is 0.172. The predicted octanol–water partition coefficient (Wildman–Crippen LogP) is 1.48. The number of anilines is 1. The van der Waals surface area contributed by atoms with Crippen molar-refractivity contribution in [3.05, 3.63) is 29.6 Å². The van der Waals surface area contributed by atoms with E-state index in [-0.39, 0.29) is 11.7 Å². The monoisotopic (exact) mass is 180 g/mol. The summed E-state index contributed by atoms with van der Waals surface area (Å²) in [5, 5.41) is 3.20. The number of hydrogen-bond acceptors (Lipinski definition) is 2. The van der Waals surface area contributed by atoms with Crippen molar-refractivity contribution in [2.45, 2.75) is 12.3 Å². The minimum atomic E-state index is -0.172. The summed E-state index contributed by atoms with van der Waals surface area (Å²) in [6, 6.07) is 4.89. The molecule has 3 heteroatoms. The van der Waals surface area contributed by atoms with Gasteiger partial charge in [0.15, 0.2) is 0 Å². The molecule has 1 aromatic rings. The van der Waals surface area contributed by atoms with Gasteiger partial charge in [-0.1, -0.05) is 6.07 Å². The zero-order valence-electron chi connectivity index (χ0n) is 7.39. The Morgan fingerprint density at radius 3 is 2.92 bits per heavy atom. The molecule has 0 aliphatic carbocycles. The van der Waals surface area contributed by atoms with Crippen molar-refractivity contribution < 1.29 is 4.39 Å². The minimum Gasteiger partial charge on any atom is -0.398 e. The van der Waals surface area contributed by atoms with Crippen LogP contribution in [0.1, 0.15) is 17.9 Å². The second-order valence-corrected chi connectivity index (χ2v) is 3.43. The zero-order chi connectivity index (χ0) is 9.26. The Labute approximate surface area is 76.9 Å². The molecule has 1 saturated heterocycles. The van der Waals surface area contributed by atoms with E-state index in [2.05, 4.69) is 5.32 Å². The van der Waals surface area contributed by atoms with Gasteiger partial charge in [-0.05, 0) is 25.1 Å². The molecule has 3 N–H and O–H groups in total. The van der Waals surface area contributed by atoms with Crippen LogP contribution < -0.4 is 11.1 Å². The molecule has 1 aliphatic heterocycles. The van der Waals surface area contributed by atoms with Gasteiger partial charge in [0.25, 0.3) is 0 Å². The molecule has 1 unspecified atom stereocenters. The van der Waals surface area contributed by atoms with Crippen LogP contribution in [0.2, 0.25) is 0 Å². The summed E-state index contributed by atoms with van der Waals surface area (Å²) in [6.07, 6.45) is 0.977. The van der Waals surface area contributed by atoms with Crippen LogP contribution in [0.5, 0.6) is 0 Å². The number of benzene rings is 1. The normalized spacial score (nSPS) is 22.1. The average Bonchev–Trinajstić information content (AvgIpc) is 2.57. The van der Waals surface area contributed by atoms with E-state index in [1.807, 2.05) is 0 Å². The molecule has 0 radical (unpaired) electrons. The fourth-order valence-corrected chi connectivity index (χ4v) is 1.89. The van der Waals surface area contributed by atoms with Crippen LogP contribution in [-0.4, -0.2) is 13.1 Å². The Bertz CT molecular complexity index is 286. The molecular weight excluding hydrogens is 167 g/mol. The molecule has 2 rings (SSSR count). The molecule has 0 amide bonds. The van der Waals surface area contributed by atoms with Gasteiger partial charge in [0.1, 0.15) is 5.82 Å². The zero-order valence-corrected chi connectivity index (χ0v) is 7.39. The van der Waals surface area contributed by atoms with Gasteiger partial charge in [-0.25, -0.2) is 4.39 Å². The number of halogens is 1. The first-order valence-electron chi connectivity index (χ1n) is 4.53. The Kier molecular flexibility index (Phi) is 2.19. The summed E-state index contributed by atoms with van der Waals surface area (Å²) in [6.45, 7) is 1.80. The summed E-state index contributed by atoms with van der Waals surface area (Å²) >= 11 is 0. The molecule has 0 saturated carbocycles. The van der Waals surface area contributed by atoms with E-state index in [1.54, 1.807) is 12.1 Å². The second kappa shape index (κ2) is 3.34. The summed E-state index contributed by atoms with van der Waals surface area (Å²) in [5.41, 5.74) is 7.00. The fraction of sp³-hybridized carbons (Fsp3) is 0.400. The van der Waals surface area contributed by atoms with Crippen molar-refractivity contribution in [3.8, 4) is 0 Å². The van der Waals surface area contributed by atoms with E-state index in [0.717, 1.165) is 19.5 Å². The lowest BCUT2D eigenvalue weighted by atomic mass is 9.96. The topological polar surface area (TPSA) is 38.0 Å². The second-order valence-electron chi connectivity index (χ2n) is 3.43. The van der Waals surface area contributed by atoms with E-state index in [0.29, 0.717) is 11.3 Å². The SMILES string of the molecule is Nc1cccc(F)c1C1CCNC1. The van der Waals surface area contributed by atoms with Crippen LogP contribution in [-0.2, 0) is 0 Å². The highest BCUT2D eigenvalue weighted by molar-refractivity contribution is 5.49. The number of rotatable bonds is 1. The van der Waals surface area contributed by atoms with Crippen LogP contribution >= 0.6 is 0 Å². The third-order valence-electron chi connectivity index (χ3n) is 2.56. The molecule has 1 heterocycles. The molecule has 1 atom stereocenters. The van der Waals surface area contributed by atoms with Crippen molar-refractivity contribution in [3.63, 3.8) is 0 Å². The van der Waals surface area contributed by atoms with Crippen molar-refractivity contribution in [1.82, 2.24) is 5.32 Å². The molecule has 70 valence electrons. The van der Waals surface area contributed by atoms with E-state index in [4.69, 9.17) is 5.73 Å². The van der Waals surface area contributed by atoms with Crippen LogP contribution in [0.3, 0.4) is 0 Å². The molecule has 0 aromatic heterocycles. The van der Waals surface area contributed by atoms with E-state index in [1.165, 1.54) is 6.07 Å². The van der Waals surface area contributed by atoms with Gasteiger partial charge in [-0.2, -0.15) is 0 Å². The third-order valence-corrected chi connectivity index (χ3v) is 2.56. The largest absolute Gasteiger partial charge is 0.398 e. The quantitative estimate of drug-likeness (QED) is 0.642. The lowest BCUT2D eigenvalue weighted by Crippen LogP contribution is -2.10. The van der Waals surface area contributed by atoms with Crippen molar-refractivity contribution >= 4 is 5.69 Å². The van der Waals surface area contributed by atoms with Crippen molar-refractivity contribution in [2.75, 3.05) is 18.8 Å². The van der Waals surface area contributed by atoms with Gasteiger partial charge < -0.3 is 11.1 Å². The highest BCUT2D eigenvalue weighted by Gasteiger charge is 2.21. The van der Waals surface area contributed by atoms with Crippen LogP contribution in [0.15, 0.2) is 18.2 Å². The molecule has 13 heavy (non-hydrogen) atoms. The van der Waals surface area contributed by atoms with Crippen molar-refractivity contribution in [1.29, 1.82) is 0 Å². The Hall–Kier alpha value is -1.09. The Morgan fingerprint density at radius 2 is 2.31 bits per heavy atom. The molecule has 0 bridgehead atoms. The Balaban J connectivity index is 2.37. The first-order chi connectivity index (χ1) is 6.29. The smallest absolute Gasteiger partial charge is 0.128 e. The fourth-order valence-electron chi connectivity index (χ4n) is 1.89. The molecule has 1 aliphatic rings. The van der Waals surface area contributed by atoms with Gasteiger partial charge >= 0.3 is 0 Å². The summed E-state index contributed by atoms with van der Waals surface area (Å²) in [5.74, 6) is 0.0786. The first-order valence-corrected chi connectivity index (χ1v) is 4.53. The van der Waals surface area contributed by atoms with E-state index < -0.39 is 0 Å². The standard InChI is InChI=1S/C10H13FN2/c11-8-2-1-3-9(12)10(8)7-4-5-13-6-7/h1-3,7,13H,4-6,12H2. The molecule has 2 nitrogen and oxygen atoms in total. The van der Waals surface area contributed by atoms with E-state index >= 15 is 0 Å². The number of nitrogen functional groups attached to an aromatic ring is 1. The lowest BCUT2D eigenvalue weighted by molar-refractivity contribution is 0.590. The summed E-state index contributed by atoms with van der Waals surface area (Å²) < 4.78 is 13.4. The lowest BCUT2D eigenvalue weighted by Gasteiger charge is -2.12. The summed E-state index contributed by atoms with van der Waals surface area (Å²) in [7, 11) is 0. The number of hydrogen-bond donors (Lipinski definition) is 2. The highest BCUT2D eigenvalue weighted by Crippen LogP contribution is 2.29. The van der Waals surface area contributed by atoms with Crippen molar-refractivity contribution in [2.24, 2.45) is 0 Å². The van der Waals surface area contributed by atoms with Crippen LogP contribution in [0.25, 0.3) is 0 Å². The Morgan fingerprint density at radius 1 is 1.46 bits per heavy atom. The summed E-state index contributed by atoms with van der Waals surface area (Å²) in [4.78, 5) is 0. The molecular formula is C10H13FN2. The van der Waals surface area contributed by atoms with Crippen LogP contribution in [0, 0.1) is 5.82 Å². The van der Waals surface area contributed by atoms with Gasteiger partial charge in [0, 0.05) is 23.7 Å². The third kappa shape index (κ3) is 1.52. The first kappa shape index (κ1) is 8.51. The maximum atomic E-state index is 13.4.